The summed E-state index contributed by atoms with van der Waals surface area (Å²) in [7, 11) is 1.35. The van der Waals surface area contributed by atoms with Gasteiger partial charge in [0.1, 0.15) is 5.69 Å². The SMILES string of the molecule is COC(=O)c1ccc(N=Nc2c[nH]c3ccccc23)cc1. The van der Waals surface area contributed by atoms with E-state index < -0.39 is 0 Å². The maximum Gasteiger partial charge on any atom is 0.337 e. The fourth-order valence-corrected chi connectivity index (χ4v) is 2.03. The third-order valence-corrected chi connectivity index (χ3v) is 3.13. The van der Waals surface area contributed by atoms with Crippen molar-refractivity contribution in [3.63, 3.8) is 0 Å². The summed E-state index contributed by atoms with van der Waals surface area (Å²) in [5, 5.41) is 9.44. The van der Waals surface area contributed by atoms with Gasteiger partial charge in [-0.25, -0.2) is 4.79 Å². The van der Waals surface area contributed by atoms with Crippen molar-refractivity contribution < 1.29 is 9.53 Å². The molecule has 1 aromatic heterocycles. The number of hydrogen-bond donors (Lipinski definition) is 1. The van der Waals surface area contributed by atoms with Gasteiger partial charge < -0.3 is 9.72 Å². The number of azo groups is 1. The molecule has 0 aliphatic carbocycles. The predicted molar refractivity (Wildman–Crippen MR) is 80.3 cm³/mol. The van der Waals surface area contributed by atoms with E-state index in [-0.39, 0.29) is 5.97 Å². The fourth-order valence-electron chi connectivity index (χ4n) is 2.03. The molecule has 0 atom stereocenters. The van der Waals surface area contributed by atoms with Crippen LogP contribution in [0.4, 0.5) is 11.4 Å². The Bertz CT molecular complexity index is 804. The number of methoxy groups -OCH3 is 1. The molecule has 0 aliphatic rings. The molecular formula is C16H13N3O2. The molecule has 0 bridgehead atoms. The van der Waals surface area contributed by atoms with Gasteiger partial charge in [0.25, 0.3) is 0 Å². The number of H-pyrrole nitrogens is 1. The molecule has 0 fully saturated rings. The summed E-state index contributed by atoms with van der Waals surface area (Å²) in [6.07, 6.45) is 1.82. The first-order valence-electron chi connectivity index (χ1n) is 6.44. The molecule has 5 nitrogen and oxygen atoms in total. The molecule has 3 rings (SSSR count). The number of esters is 1. The average Bonchev–Trinajstić information content (AvgIpc) is 2.96. The van der Waals surface area contributed by atoms with Gasteiger partial charge >= 0.3 is 5.97 Å². The predicted octanol–water partition coefficient (Wildman–Crippen LogP) is 4.37. The van der Waals surface area contributed by atoms with Gasteiger partial charge in [-0.05, 0) is 30.3 Å². The number of fused-ring (bicyclic) bond motifs is 1. The highest BCUT2D eigenvalue weighted by atomic mass is 16.5. The van der Waals surface area contributed by atoms with Crippen LogP contribution < -0.4 is 0 Å². The number of nitrogens with one attached hydrogen (secondary N) is 1. The number of rotatable bonds is 3. The molecule has 1 N–H and O–H groups in total. The van der Waals surface area contributed by atoms with E-state index in [1.165, 1.54) is 7.11 Å². The van der Waals surface area contributed by atoms with Gasteiger partial charge in [0.2, 0.25) is 0 Å². The van der Waals surface area contributed by atoms with Crippen LogP contribution in [0.15, 0.2) is 65.0 Å². The molecule has 5 heteroatoms. The number of aromatic amines is 1. The summed E-state index contributed by atoms with van der Waals surface area (Å²) in [4.78, 5) is 14.5. The second-order valence-electron chi connectivity index (χ2n) is 4.46. The number of para-hydroxylation sites is 1. The van der Waals surface area contributed by atoms with E-state index in [2.05, 4.69) is 19.9 Å². The Morgan fingerprint density at radius 1 is 1.05 bits per heavy atom. The molecule has 2 aromatic carbocycles. The first kappa shape index (κ1) is 13.1. The quantitative estimate of drug-likeness (QED) is 0.571. The molecule has 0 aliphatic heterocycles. The number of carbonyl (C=O) groups excluding carboxylic acids is 1. The monoisotopic (exact) mass is 279 g/mol. The van der Waals surface area contributed by atoms with Crippen LogP contribution in [0.5, 0.6) is 0 Å². The lowest BCUT2D eigenvalue weighted by atomic mass is 10.2. The molecule has 0 unspecified atom stereocenters. The van der Waals surface area contributed by atoms with E-state index in [1.807, 2.05) is 30.5 Å². The minimum Gasteiger partial charge on any atom is -0.465 e. The number of ether oxygens (including phenoxy) is 1. The van der Waals surface area contributed by atoms with Gasteiger partial charge in [-0.3, -0.25) is 0 Å². The Labute approximate surface area is 121 Å². The van der Waals surface area contributed by atoms with Crippen LogP contribution >= 0.6 is 0 Å². The van der Waals surface area contributed by atoms with Gasteiger partial charge in [0, 0.05) is 17.1 Å². The van der Waals surface area contributed by atoms with E-state index in [4.69, 9.17) is 0 Å². The van der Waals surface area contributed by atoms with Gasteiger partial charge in [0.05, 0.1) is 18.4 Å². The number of benzene rings is 2. The van der Waals surface area contributed by atoms with E-state index in [1.54, 1.807) is 24.3 Å². The van der Waals surface area contributed by atoms with Crippen LogP contribution in [0.25, 0.3) is 10.9 Å². The zero-order valence-electron chi connectivity index (χ0n) is 11.4. The van der Waals surface area contributed by atoms with Gasteiger partial charge in [0.15, 0.2) is 0 Å². The largest absolute Gasteiger partial charge is 0.465 e. The summed E-state index contributed by atoms with van der Waals surface area (Å²) in [5.74, 6) is -0.366. The average molecular weight is 279 g/mol. The van der Waals surface area contributed by atoms with Crippen LogP contribution in [-0.4, -0.2) is 18.1 Å². The highest BCUT2D eigenvalue weighted by molar-refractivity contribution is 5.90. The third kappa shape index (κ3) is 2.67. The Balaban J connectivity index is 1.84. The van der Waals surface area contributed by atoms with Crippen molar-refractivity contribution in [1.82, 2.24) is 4.98 Å². The fraction of sp³-hybridized carbons (Fsp3) is 0.0625. The molecule has 0 radical (unpaired) electrons. The second-order valence-corrected chi connectivity index (χ2v) is 4.46. The van der Waals surface area contributed by atoms with Crippen molar-refractivity contribution in [3.8, 4) is 0 Å². The smallest absolute Gasteiger partial charge is 0.337 e. The van der Waals surface area contributed by atoms with Crippen molar-refractivity contribution in [2.45, 2.75) is 0 Å². The Morgan fingerprint density at radius 2 is 1.81 bits per heavy atom. The lowest BCUT2D eigenvalue weighted by molar-refractivity contribution is 0.0601. The van der Waals surface area contributed by atoms with Crippen LogP contribution in [-0.2, 0) is 4.74 Å². The number of nitrogens with zero attached hydrogens (tertiary/aromatic N) is 2. The summed E-state index contributed by atoms with van der Waals surface area (Å²) in [5.41, 5.74) is 2.96. The van der Waals surface area contributed by atoms with Gasteiger partial charge in [-0.2, -0.15) is 5.11 Å². The number of aromatic nitrogens is 1. The highest BCUT2D eigenvalue weighted by Gasteiger charge is 2.04. The Kier molecular flexibility index (Phi) is 3.47. The van der Waals surface area contributed by atoms with E-state index in [0.717, 1.165) is 16.6 Å². The maximum absolute atomic E-state index is 11.3. The van der Waals surface area contributed by atoms with Crippen LogP contribution in [0.3, 0.4) is 0 Å². The Hall–Kier alpha value is -2.95. The zero-order valence-corrected chi connectivity index (χ0v) is 11.4. The molecule has 0 amide bonds. The van der Waals surface area contributed by atoms with Crippen LogP contribution in [0.2, 0.25) is 0 Å². The highest BCUT2D eigenvalue weighted by Crippen LogP contribution is 2.27. The molecule has 3 aromatic rings. The first-order valence-corrected chi connectivity index (χ1v) is 6.44. The van der Waals surface area contributed by atoms with Crippen molar-refractivity contribution >= 4 is 28.2 Å². The molecule has 104 valence electrons. The van der Waals surface area contributed by atoms with Crippen molar-refractivity contribution in [1.29, 1.82) is 0 Å². The first-order chi connectivity index (χ1) is 10.3. The van der Waals surface area contributed by atoms with E-state index in [9.17, 15) is 4.79 Å². The van der Waals surface area contributed by atoms with E-state index in [0.29, 0.717) is 11.3 Å². The second kappa shape index (κ2) is 5.58. The zero-order chi connectivity index (χ0) is 14.7. The molecular weight excluding hydrogens is 266 g/mol. The summed E-state index contributed by atoms with van der Waals surface area (Å²) in [6.45, 7) is 0. The summed E-state index contributed by atoms with van der Waals surface area (Å²) in [6, 6.07) is 14.7. The lowest BCUT2D eigenvalue weighted by Gasteiger charge is -1.98. The topological polar surface area (TPSA) is 66.8 Å². The van der Waals surface area contributed by atoms with Gasteiger partial charge in [-0.15, -0.1) is 5.11 Å². The van der Waals surface area contributed by atoms with Crippen LogP contribution in [0.1, 0.15) is 10.4 Å². The van der Waals surface area contributed by atoms with Crippen LogP contribution in [0, 0.1) is 0 Å². The van der Waals surface area contributed by atoms with Crippen molar-refractivity contribution in [3.05, 3.63) is 60.3 Å². The molecule has 0 spiro atoms. The molecule has 21 heavy (non-hydrogen) atoms. The maximum atomic E-state index is 11.3. The lowest BCUT2D eigenvalue weighted by Crippen LogP contribution is -1.99. The van der Waals surface area contributed by atoms with Crippen molar-refractivity contribution in [2.24, 2.45) is 10.2 Å². The summed E-state index contributed by atoms with van der Waals surface area (Å²) >= 11 is 0. The molecule has 0 saturated heterocycles. The van der Waals surface area contributed by atoms with Gasteiger partial charge in [-0.1, -0.05) is 18.2 Å². The normalized spacial score (nSPS) is 11.1. The molecule has 1 heterocycles. The third-order valence-electron chi connectivity index (χ3n) is 3.13. The summed E-state index contributed by atoms with van der Waals surface area (Å²) < 4.78 is 4.65. The van der Waals surface area contributed by atoms with Crippen molar-refractivity contribution in [2.75, 3.05) is 7.11 Å². The minimum atomic E-state index is -0.366. The number of carbonyl (C=O) groups is 1. The number of hydrogen-bond acceptors (Lipinski definition) is 4. The minimum absolute atomic E-state index is 0.366. The standard InChI is InChI=1S/C16H13N3O2/c1-21-16(20)11-6-8-12(9-7-11)18-19-15-10-17-14-5-3-2-4-13(14)15/h2-10,17H,1H3. The molecule has 0 saturated carbocycles. The Morgan fingerprint density at radius 3 is 2.57 bits per heavy atom. The van der Waals surface area contributed by atoms with E-state index >= 15 is 0 Å².